The molecule has 0 saturated carbocycles. The van der Waals surface area contributed by atoms with Gasteiger partial charge in [0.1, 0.15) is 12.7 Å². The molecule has 1 heterocycles. The van der Waals surface area contributed by atoms with E-state index < -0.39 is 11.8 Å². The Balaban J connectivity index is 1.76. The van der Waals surface area contributed by atoms with Crippen molar-refractivity contribution in [3.8, 4) is 0 Å². The Bertz CT molecular complexity index is 778. The van der Waals surface area contributed by atoms with Crippen LogP contribution in [0.25, 0.3) is 0 Å². The van der Waals surface area contributed by atoms with Gasteiger partial charge in [-0.2, -0.15) is 0 Å². The van der Waals surface area contributed by atoms with Crippen LogP contribution in [0.2, 0.25) is 0 Å². The van der Waals surface area contributed by atoms with Gasteiger partial charge in [0, 0.05) is 13.1 Å². The first-order chi connectivity index (χ1) is 12.2. The van der Waals surface area contributed by atoms with Crippen LogP contribution < -0.4 is 5.43 Å². The van der Waals surface area contributed by atoms with Crippen molar-refractivity contribution in [2.75, 3.05) is 5.43 Å². The summed E-state index contributed by atoms with van der Waals surface area (Å²) < 4.78 is 1.24. The van der Waals surface area contributed by atoms with Crippen molar-refractivity contribution in [2.24, 2.45) is 0 Å². The maximum atomic E-state index is 12.6. The highest BCUT2D eigenvalue weighted by Crippen LogP contribution is 2.10. The predicted molar refractivity (Wildman–Crippen MR) is 91.5 cm³/mol. The van der Waals surface area contributed by atoms with Crippen molar-refractivity contribution < 1.29 is 9.59 Å². The van der Waals surface area contributed by atoms with Gasteiger partial charge in [-0.1, -0.05) is 60.7 Å². The van der Waals surface area contributed by atoms with Crippen LogP contribution in [0.5, 0.6) is 0 Å². The third-order valence-electron chi connectivity index (χ3n) is 3.56. The SMILES string of the molecule is O=C(Nn1cnnc1)C(=O)N(Cc1ccccc1)Cc1ccccc1. The van der Waals surface area contributed by atoms with Gasteiger partial charge in [0.25, 0.3) is 0 Å². The number of carbonyl (C=O) groups excluding carboxylic acids is 2. The summed E-state index contributed by atoms with van der Waals surface area (Å²) in [6, 6.07) is 19.1. The molecule has 0 spiro atoms. The maximum Gasteiger partial charge on any atom is 0.328 e. The Morgan fingerprint density at radius 2 is 1.32 bits per heavy atom. The minimum atomic E-state index is -0.744. The molecule has 3 aromatic rings. The van der Waals surface area contributed by atoms with Gasteiger partial charge in [0.05, 0.1) is 0 Å². The second kappa shape index (κ2) is 7.87. The zero-order valence-corrected chi connectivity index (χ0v) is 13.4. The third kappa shape index (κ3) is 4.51. The summed E-state index contributed by atoms with van der Waals surface area (Å²) in [6.07, 6.45) is 2.62. The highest BCUT2D eigenvalue weighted by Gasteiger charge is 2.22. The minimum absolute atomic E-state index is 0.337. The first-order valence-corrected chi connectivity index (χ1v) is 7.75. The van der Waals surface area contributed by atoms with Crippen molar-refractivity contribution in [3.05, 3.63) is 84.4 Å². The number of carbonyl (C=O) groups is 2. The van der Waals surface area contributed by atoms with Crippen LogP contribution in [0, 0.1) is 0 Å². The molecule has 1 aromatic heterocycles. The van der Waals surface area contributed by atoms with Crippen LogP contribution in [-0.4, -0.2) is 31.6 Å². The molecule has 3 rings (SSSR count). The molecule has 126 valence electrons. The number of hydrogen-bond acceptors (Lipinski definition) is 4. The molecular formula is C18H17N5O2. The Morgan fingerprint density at radius 3 is 1.80 bits per heavy atom. The zero-order valence-electron chi connectivity index (χ0n) is 13.4. The number of aromatic nitrogens is 3. The number of benzene rings is 2. The van der Waals surface area contributed by atoms with E-state index in [2.05, 4.69) is 15.6 Å². The normalized spacial score (nSPS) is 10.2. The molecule has 25 heavy (non-hydrogen) atoms. The first-order valence-electron chi connectivity index (χ1n) is 7.75. The van der Waals surface area contributed by atoms with Gasteiger partial charge in [-0.15, -0.1) is 10.2 Å². The van der Waals surface area contributed by atoms with Crippen molar-refractivity contribution >= 4 is 11.8 Å². The number of rotatable bonds is 5. The van der Waals surface area contributed by atoms with E-state index >= 15 is 0 Å². The number of hydrogen-bond donors (Lipinski definition) is 1. The summed E-state index contributed by atoms with van der Waals surface area (Å²) in [7, 11) is 0. The lowest BCUT2D eigenvalue weighted by Crippen LogP contribution is -2.41. The van der Waals surface area contributed by atoms with E-state index in [1.165, 1.54) is 22.2 Å². The molecule has 7 nitrogen and oxygen atoms in total. The second-order valence-electron chi connectivity index (χ2n) is 5.44. The van der Waals surface area contributed by atoms with E-state index in [0.717, 1.165) is 11.1 Å². The lowest BCUT2D eigenvalue weighted by molar-refractivity contribution is -0.144. The van der Waals surface area contributed by atoms with Gasteiger partial charge in [-0.25, -0.2) is 4.68 Å². The molecule has 0 atom stereocenters. The van der Waals surface area contributed by atoms with Crippen molar-refractivity contribution in [3.63, 3.8) is 0 Å². The Morgan fingerprint density at radius 1 is 0.840 bits per heavy atom. The Kier molecular flexibility index (Phi) is 5.16. The fraction of sp³-hybridized carbons (Fsp3) is 0.111. The van der Waals surface area contributed by atoms with Gasteiger partial charge in [0.15, 0.2) is 0 Å². The van der Waals surface area contributed by atoms with Gasteiger partial charge in [-0.05, 0) is 11.1 Å². The third-order valence-corrected chi connectivity index (χ3v) is 3.56. The standard InChI is InChI=1S/C18H17N5O2/c24-17(21-23-13-19-20-14-23)18(25)22(11-15-7-3-1-4-8-15)12-16-9-5-2-6-10-16/h1-10,13-14H,11-12H2,(H,21,24). The summed E-state index contributed by atoms with van der Waals surface area (Å²) in [5.41, 5.74) is 4.33. The summed E-state index contributed by atoms with van der Waals surface area (Å²) in [4.78, 5) is 26.4. The molecule has 0 saturated heterocycles. The van der Waals surface area contributed by atoms with Crippen LogP contribution in [0.4, 0.5) is 0 Å². The van der Waals surface area contributed by atoms with Crippen molar-refractivity contribution in [1.29, 1.82) is 0 Å². The maximum absolute atomic E-state index is 12.6. The molecule has 2 amide bonds. The minimum Gasteiger partial charge on any atom is -0.326 e. The van der Waals surface area contributed by atoms with Gasteiger partial charge in [-0.3, -0.25) is 15.0 Å². The fourth-order valence-corrected chi connectivity index (χ4v) is 2.37. The van der Waals surface area contributed by atoms with Crippen molar-refractivity contribution in [1.82, 2.24) is 19.8 Å². The average molecular weight is 335 g/mol. The molecule has 7 heteroatoms. The van der Waals surface area contributed by atoms with Crippen LogP contribution in [-0.2, 0) is 22.7 Å². The van der Waals surface area contributed by atoms with Crippen LogP contribution in [0.1, 0.15) is 11.1 Å². The van der Waals surface area contributed by atoms with E-state index in [4.69, 9.17) is 0 Å². The molecule has 0 aliphatic carbocycles. The number of nitrogens with zero attached hydrogens (tertiary/aromatic N) is 4. The summed E-state index contributed by atoms with van der Waals surface area (Å²) in [6.45, 7) is 0.675. The molecule has 2 aromatic carbocycles. The smallest absolute Gasteiger partial charge is 0.326 e. The summed E-state index contributed by atoms with van der Waals surface area (Å²) in [5, 5.41) is 7.18. The number of nitrogens with one attached hydrogen (secondary N) is 1. The Hall–Kier alpha value is -3.48. The van der Waals surface area contributed by atoms with E-state index in [1.54, 1.807) is 0 Å². The molecule has 1 N–H and O–H groups in total. The molecule has 0 aliphatic rings. The van der Waals surface area contributed by atoms with E-state index in [-0.39, 0.29) is 0 Å². The predicted octanol–water partition coefficient (Wildman–Crippen LogP) is 1.58. The zero-order chi connectivity index (χ0) is 17.5. The highest BCUT2D eigenvalue weighted by atomic mass is 16.2. The second-order valence-corrected chi connectivity index (χ2v) is 5.44. The molecule has 0 radical (unpaired) electrons. The van der Waals surface area contributed by atoms with Gasteiger partial charge in [0.2, 0.25) is 0 Å². The Labute approximate surface area is 144 Å². The fourth-order valence-electron chi connectivity index (χ4n) is 2.37. The number of amides is 2. The van der Waals surface area contributed by atoms with Crippen LogP contribution >= 0.6 is 0 Å². The topological polar surface area (TPSA) is 80.1 Å². The van der Waals surface area contributed by atoms with Gasteiger partial charge >= 0.3 is 11.8 Å². The molecular weight excluding hydrogens is 318 g/mol. The van der Waals surface area contributed by atoms with Crippen LogP contribution in [0.3, 0.4) is 0 Å². The monoisotopic (exact) mass is 335 g/mol. The van der Waals surface area contributed by atoms with Crippen LogP contribution in [0.15, 0.2) is 73.3 Å². The quantitative estimate of drug-likeness (QED) is 0.718. The largest absolute Gasteiger partial charge is 0.328 e. The lowest BCUT2D eigenvalue weighted by atomic mass is 10.1. The van der Waals surface area contributed by atoms with E-state index in [0.29, 0.717) is 13.1 Å². The van der Waals surface area contributed by atoms with Crippen molar-refractivity contribution in [2.45, 2.75) is 13.1 Å². The molecule has 0 fully saturated rings. The molecule has 0 unspecified atom stereocenters. The summed E-state index contributed by atoms with van der Waals surface area (Å²) >= 11 is 0. The van der Waals surface area contributed by atoms with E-state index in [1.807, 2.05) is 60.7 Å². The first kappa shape index (κ1) is 16.4. The molecule has 0 aliphatic heterocycles. The van der Waals surface area contributed by atoms with Gasteiger partial charge < -0.3 is 4.90 Å². The lowest BCUT2D eigenvalue weighted by Gasteiger charge is -2.22. The molecule has 0 bridgehead atoms. The van der Waals surface area contributed by atoms with E-state index in [9.17, 15) is 9.59 Å². The average Bonchev–Trinajstić information content (AvgIpc) is 3.15. The summed E-state index contributed by atoms with van der Waals surface area (Å²) in [5.74, 6) is -1.37. The highest BCUT2D eigenvalue weighted by molar-refractivity contribution is 6.38.